The zero-order valence-electron chi connectivity index (χ0n) is 21.6. The molecule has 0 atom stereocenters. The predicted molar refractivity (Wildman–Crippen MR) is 144 cm³/mol. The summed E-state index contributed by atoms with van der Waals surface area (Å²) in [6.45, 7) is 5.16. The fourth-order valence-corrected chi connectivity index (χ4v) is 5.69. The van der Waals surface area contributed by atoms with Crippen molar-refractivity contribution in [2.75, 3.05) is 29.9 Å². The van der Waals surface area contributed by atoms with Crippen LogP contribution in [0.4, 0.5) is 11.4 Å². The Morgan fingerprint density at radius 2 is 1.54 bits per heavy atom. The third-order valence-corrected chi connectivity index (χ3v) is 8.34. The number of hydrogen-bond acceptors (Lipinski definition) is 7. The van der Waals surface area contributed by atoms with Crippen LogP contribution in [0.2, 0.25) is 0 Å². The minimum atomic E-state index is -3.73. The number of carbonyl (C=O) groups excluding carboxylic acids is 4. The number of nitrogens with zero attached hydrogens (tertiary/aromatic N) is 2. The van der Waals surface area contributed by atoms with Gasteiger partial charge in [-0.25, -0.2) is 18.1 Å². The molecule has 39 heavy (non-hydrogen) atoms. The van der Waals surface area contributed by atoms with Crippen LogP contribution in [0.3, 0.4) is 0 Å². The molecule has 0 saturated heterocycles. The fourth-order valence-electron chi connectivity index (χ4n) is 4.21. The Morgan fingerprint density at radius 1 is 0.897 bits per heavy atom. The Morgan fingerprint density at radius 3 is 2.15 bits per heavy atom. The number of aryl methyl sites for hydroxylation is 1. The molecule has 0 unspecified atom stereocenters. The zero-order chi connectivity index (χ0) is 28.3. The van der Waals surface area contributed by atoms with E-state index in [1.54, 1.807) is 51.1 Å². The fraction of sp³-hybridized carbons (Fsp3) is 0.214. The molecule has 0 bridgehead atoms. The number of rotatable bonds is 9. The Hall–Kier alpha value is -4.35. The first-order valence-corrected chi connectivity index (χ1v) is 13.7. The van der Waals surface area contributed by atoms with Gasteiger partial charge in [-0.05, 0) is 55.0 Å². The Balaban J connectivity index is 1.43. The van der Waals surface area contributed by atoms with Gasteiger partial charge in [0, 0.05) is 18.8 Å². The highest BCUT2D eigenvalue weighted by molar-refractivity contribution is 7.89. The molecule has 3 aromatic carbocycles. The van der Waals surface area contributed by atoms with Crippen LogP contribution in [0.15, 0.2) is 71.6 Å². The van der Waals surface area contributed by atoms with Crippen LogP contribution in [0.25, 0.3) is 0 Å². The van der Waals surface area contributed by atoms with E-state index in [2.05, 4.69) is 5.32 Å². The second-order valence-corrected chi connectivity index (χ2v) is 10.7. The molecule has 1 aliphatic rings. The number of ether oxygens (including phenoxy) is 1. The highest BCUT2D eigenvalue weighted by Gasteiger charge is 2.36. The van der Waals surface area contributed by atoms with Gasteiger partial charge < -0.3 is 10.1 Å². The number of imide groups is 1. The number of sulfonamides is 1. The van der Waals surface area contributed by atoms with Crippen LogP contribution in [0.5, 0.6) is 0 Å². The first-order chi connectivity index (χ1) is 18.6. The van der Waals surface area contributed by atoms with E-state index in [0.29, 0.717) is 18.7 Å². The summed E-state index contributed by atoms with van der Waals surface area (Å²) in [5.41, 5.74) is 1.69. The number of hydrogen-bond donors (Lipinski definition) is 1. The molecule has 3 aromatic rings. The van der Waals surface area contributed by atoms with E-state index in [1.165, 1.54) is 40.7 Å². The van der Waals surface area contributed by atoms with Crippen molar-refractivity contribution in [1.82, 2.24) is 4.31 Å². The molecule has 0 spiro atoms. The van der Waals surface area contributed by atoms with Crippen molar-refractivity contribution in [3.63, 3.8) is 0 Å². The molecular formula is C28H27N3O7S. The van der Waals surface area contributed by atoms with Gasteiger partial charge in [-0.2, -0.15) is 4.31 Å². The molecule has 0 aromatic heterocycles. The van der Waals surface area contributed by atoms with E-state index in [1.807, 2.05) is 0 Å². The van der Waals surface area contributed by atoms with Crippen LogP contribution in [-0.2, 0) is 19.6 Å². The molecule has 1 heterocycles. The number of fused-ring (bicyclic) bond motifs is 1. The number of anilines is 2. The molecule has 202 valence electrons. The van der Waals surface area contributed by atoms with E-state index in [4.69, 9.17) is 4.74 Å². The molecule has 1 N–H and O–H groups in total. The van der Waals surface area contributed by atoms with Crippen molar-refractivity contribution in [3.8, 4) is 0 Å². The van der Waals surface area contributed by atoms with Crippen molar-refractivity contribution in [1.29, 1.82) is 0 Å². The summed E-state index contributed by atoms with van der Waals surface area (Å²) in [4.78, 5) is 51.8. The molecule has 0 aliphatic carbocycles. The number of amides is 3. The number of nitrogens with one attached hydrogen (secondary N) is 1. The first kappa shape index (κ1) is 27.7. The van der Waals surface area contributed by atoms with Crippen molar-refractivity contribution >= 4 is 45.1 Å². The summed E-state index contributed by atoms with van der Waals surface area (Å²) in [7, 11) is -3.73. The van der Waals surface area contributed by atoms with Crippen molar-refractivity contribution in [2.45, 2.75) is 25.7 Å². The van der Waals surface area contributed by atoms with Gasteiger partial charge in [-0.15, -0.1) is 0 Å². The quantitative estimate of drug-likeness (QED) is 0.319. The minimum absolute atomic E-state index is 0.0362. The summed E-state index contributed by atoms with van der Waals surface area (Å²) < 4.78 is 32.1. The highest BCUT2D eigenvalue weighted by Crippen LogP contribution is 2.29. The highest BCUT2D eigenvalue weighted by atomic mass is 32.2. The van der Waals surface area contributed by atoms with Gasteiger partial charge in [-0.1, -0.05) is 38.1 Å². The predicted octanol–water partition coefficient (Wildman–Crippen LogP) is 3.62. The summed E-state index contributed by atoms with van der Waals surface area (Å²) in [5, 5.41) is 2.59. The molecule has 11 heteroatoms. The summed E-state index contributed by atoms with van der Waals surface area (Å²) in [5.74, 6) is -2.50. The number of benzene rings is 3. The SMILES string of the molecule is CCN(CC)S(=O)(=O)c1ccc(C)c(NC(=O)COC(=O)c2cccc(N3C(=O)c4ccccc4C3=O)c2)c1. The third-order valence-electron chi connectivity index (χ3n) is 6.29. The normalized spacial score (nSPS) is 13.0. The second-order valence-electron chi connectivity index (χ2n) is 8.73. The molecule has 0 fully saturated rings. The molecule has 3 amide bonds. The maximum absolute atomic E-state index is 12.8. The van der Waals surface area contributed by atoms with E-state index in [-0.39, 0.29) is 33.0 Å². The van der Waals surface area contributed by atoms with E-state index in [9.17, 15) is 27.6 Å². The maximum atomic E-state index is 12.8. The van der Waals surface area contributed by atoms with Gasteiger partial charge in [0.1, 0.15) is 0 Å². The molecule has 1 aliphatic heterocycles. The molecule has 0 saturated carbocycles. The smallest absolute Gasteiger partial charge is 0.338 e. The van der Waals surface area contributed by atoms with Gasteiger partial charge in [0.25, 0.3) is 17.7 Å². The summed E-state index contributed by atoms with van der Waals surface area (Å²) >= 11 is 0. The largest absolute Gasteiger partial charge is 0.452 e. The van der Waals surface area contributed by atoms with E-state index in [0.717, 1.165) is 4.90 Å². The van der Waals surface area contributed by atoms with Gasteiger partial charge in [-0.3, -0.25) is 14.4 Å². The van der Waals surface area contributed by atoms with Gasteiger partial charge >= 0.3 is 5.97 Å². The first-order valence-electron chi connectivity index (χ1n) is 12.2. The molecule has 0 radical (unpaired) electrons. The average molecular weight is 550 g/mol. The Labute approximate surface area is 226 Å². The third kappa shape index (κ3) is 5.45. The van der Waals surface area contributed by atoms with Crippen LogP contribution >= 0.6 is 0 Å². The van der Waals surface area contributed by atoms with Crippen LogP contribution in [0.1, 0.15) is 50.5 Å². The van der Waals surface area contributed by atoms with Gasteiger partial charge in [0.15, 0.2) is 6.61 Å². The summed E-state index contributed by atoms with van der Waals surface area (Å²) in [6, 6.07) is 16.7. The van der Waals surface area contributed by atoms with Crippen molar-refractivity contribution in [2.24, 2.45) is 0 Å². The average Bonchev–Trinajstić information content (AvgIpc) is 3.18. The van der Waals surface area contributed by atoms with Crippen molar-refractivity contribution < 1.29 is 32.3 Å². The lowest BCUT2D eigenvalue weighted by Crippen LogP contribution is -2.30. The number of carbonyl (C=O) groups is 4. The lowest BCUT2D eigenvalue weighted by atomic mass is 10.1. The number of esters is 1. The zero-order valence-corrected chi connectivity index (χ0v) is 22.4. The Kier molecular flexibility index (Phi) is 7.93. The lowest BCUT2D eigenvalue weighted by molar-refractivity contribution is -0.119. The molecule has 4 rings (SSSR count). The van der Waals surface area contributed by atoms with Gasteiger partial charge in [0.05, 0.1) is 27.3 Å². The summed E-state index contributed by atoms with van der Waals surface area (Å²) in [6.07, 6.45) is 0. The second kappa shape index (κ2) is 11.2. The Bertz CT molecular complexity index is 1540. The van der Waals surface area contributed by atoms with Crippen LogP contribution in [0, 0.1) is 6.92 Å². The lowest BCUT2D eigenvalue weighted by Gasteiger charge is -2.19. The maximum Gasteiger partial charge on any atom is 0.338 e. The van der Waals surface area contributed by atoms with E-state index < -0.39 is 40.3 Å². The molecule has 10 nitrogen and oxygen atoms in total. The van der Waals surface area contributed by atoms with Crippen LogP contribution in [-0.4, -0.2) is 56.1 Å². The monoisotopic (exact) mass is 549 g/mol. The standard InChI is InChI=1S/C28H27N3O7S/c1-4-30(5-2)39(36,37)21-14-13-18(3)24(16-21)29-25(32)17-38-28(35)19-9-8-10-20(15-19)31-26(33)22-11-6-7-12-23(22)27(31)34/h6-16H,4-5,17H2,1-3H3,(H,29,32). The topological polar surface area (TPSA) is 130 Å². The van der Waals surface area contributed by atoms with Gasteiger partial charge in [0.2, 0.25) is 10.0 Å². The van der Waals surface area contributed by atoms with Crippen LogP contribution < -0.4 is 10.2 Å². The molecular weight excluding hydrogens is 522 g/mol. The van der Waals surface area contributed by atoms with E-state index >= 15 is 0 Å². The van der Waals surface area contributed by atoms with Crippen molar-refractivity contribution in [3.05, 3.63) is 89.0 Å². The minimum Gasteiger partial charge on any atom is -0.452 e.